The Hall–Kier alpha value is -5.25. The third kappa shape index (κ3) is 7.34. The number of nitrogens with two attached hydrogens (primary N) is 1. The number of benzene rings is 3. The number of nitriles is 1. The van der Waals surface area contributed by atoms with Crippen LogP contribution in [0, 0.1) is 11.3 Å². The minimum absolute atomic E-state index is 0.0756. The van der Waals surface area contributed by atoms with E-state index in [0.717, 1.165) is 6.07 Å². The normalized spacial score (nSPS) is 12.4. The van der Waals surface area contributed by atoms with Gasteiger partial charge in [-0.05, 0) is 61.0 Å². The van der Waals surface area contributed by atoms with Crippen LogP contribution in [0.2, 0.25) is 5.02 Å². The number of nitrogens with zero attached hydrogens (tertiary/aromatic N) is 2. The highest BCUT2D eigenvalue weighted by atomic mass is 35.5. The number of hydrogen-bond donors (Lipinski definition) is 3. The summed E-state index contributed by atoms with van der Waals surface area (Å²) in [6.07, 6.45) is -4.79. The van der Waals surface area contributed by atoms with E-state index in [9.17, 15) is 32.8 Å². The van der Waals surface area contributed by atoms with Crippen LogP contribution in [0.4, 0.5) is 24.7 Å². The molecule has 0 fully saturated rings. The molecule has 0 spiro atoms. The molecule has 1 aromatic heterocycles. The molecule has 4 N–H and O–H groups in total. The Kier molecular flexibility index (Phi) is 8.80. The van der Waals surface area contributed by atoms with Gasteiger partial charge in [0.05, 0.1) is 5.69 Å². The van der Waals surface area contributed by atoms with Gasteiger partial charge in [0.2, 0.25) is 0 Å². The third-order valence-corrected chi connectivity index (χ3v) is 6.12. The number of ether oxygens (including phenoxy) is 1. The summed E-state index contributed by atoms with van der Waals surface area (Å²) in [6, 6.07) is 21.3. The maximum absolute atomic E-state index is 13.1. The number of carbonyl (C=O) groups is 3. The summed E-state index contributed by atoms with van der Waals surface area (Å²) in [5, 5.41) is 15.7. The van der Waals surface area contributed by atoms with E-state index in [4.69, 9.17) is 17.3 Å². The van der Waals surface area contributed by atoms with E-state index >= 15 is 0 Å². The van der Waals surface area contributed by atoms with Gasteiger partial charge in [0.15, 0.2) is 12.1 Å². The highest BCUT2D eigenvalue weighted by molar-refractivity contribution is 6.31. The SMILES string of the molecule is C[C@@](N)(C=O)Nc1cccc(-c2cc(-c3cc(Cl)ccc3OC(=O)C(F)(F)F)nc(NC(=O)c3ccccc3)c2C#N)c1. The standard InChI is InChI=1S/C30H21ClF3N5O4/c1-29(36,16-40)39-20-9-5-8-18(12-20)21-14-24(22-13-19(31)10-11-25(22)43-28(42)30(32,33)34)37-26(23(21)15-35)38-27(41)17-6-3-2-4-7-17/h2-14,16,39H,36H2,1H3,(H,37,38,41)/t29-/m0/s1. The van der Waals surface area contributed by atoms with E-state index in [1.807, 2.05) is 6.07 Å². The molecule has 4 rings (SSSR count). The Bertz CT molecular complexity index is 1760. The Balaban J connectivity index is 1.94. The lowest BCUT2D eigenvalue weighted by molar-refractivity contribution is -0.189. The molecular formula is C30H21ClF3N5O4. The first-order chi connectivity index (χ1) is 20.3. The average Bonchev–Trinajstić information content (AvgIpc) is 2.97. The lowest BCUT2D eigenvalue weighted by atomic mass is 9.97. The van der Waals surface area contributed by atoms with Gasteiger partial charge in [0.1, 0.15) is 23.0 Å². The Morgan fingerprint density at radius 3 is 2.40 bits per heavy atom. The monoisotopic (exact) mass is 607 g/mol. The van der Waals surface area contributed by atoms with E-state index in [1.165, 1.54) is 37.3 Å². The summed E-state index contributed by atoms with van der Waals surface area (Å²) in [5.74, 6) is -3.84. The van der Waals surface area contributed by atoms with Crippen molar-refractivity contribution in [3.05, 3.63) is 95.0 Å². The summed E-state index contributed by atoms with van der Waals surface area (Å²) in [5.41, 5.74) is 5.40. The summed E-state index contributed by atoms with van der Waals surface area (Å²) in [6.45, 7) is 1.44. The van der Waals surface area contributed by atoms with Gasteiger partial charge < -0.3 is 21.1 Å². The highest BCUT2D eigenvalue weighted by Crippen LogP contribution is 2.38. The van der Waals surface area contributed by atoms with Gasteiger partial charge in [-0.1, -0.05) is 41.9 Å². The zero-order chi connectivity index (χ0) is 31.4. The predicted molar refractivity (Wildman–Crippen MR) is 153 cm³/mol. The van der Waals surface area contributed by atoms with Gasteiger partial charge in [-0.3, -0.25) is 9.59 Å². The Morgan fingerprint density at radius 1 is 1.02 bits per heavy atom. The first-order valence-corrected chi connectivity index (χ1v) is 12.7. The number of halogens is 4. The molecule has 1 heterocycles. The van der Waals surface area contributed by atoms with Crippen molar-refractivity contribution in [2.75, 3.05) is 10.6 Å². The third-order valence-electron chi connectivity index (χ3n) is 5.88. The molecule has 1 amide bonds. The Morgan fingerprint density at radius 2 is 1.74 bits per heavy atom. The largest absolute Gasteiger partial charge is 0.491 e. The van der Waals surface area contributed by atoms with E-state index < -0.39 is 29.5 Å². The fourth-order valence-corrected chi connectivity index (χ4v) is 4.11. The molecule has 13 heteroatoms. The number of pyridine rings is 1. The summed E-state index contributed by atoms with van der Waals surface area (Å²) in [7, 11) is 0. The van der Waals surface area contributed by atoms with E-state index in [2.05, 4.69) is 20.4 Å². The molecule has 0 bridgehead atoms. The second-order valence-electron chi connectivity index (χ2n) is 9.34. The minimum atomic E-state index is -5.29. The average molecular weight is 608 g/mol. The Labute approximate surface area is 248 Å². The second-order valence-corrected chi connectivity index (χ2v) is 9.78. The molecule has 0 aliphatic rings. The molecule has 0 aliphatic heterocycles. The fraction of sp³-hybridized carbons (Fsp3) is 0.100. The second kappa shape index (κ2) is 12.3. The number of aromatic nitrogens is 1. The topological polar surface area (TPSA) is 147 Å². The van der Waals surface area contributed by atoms with Crippen LogP contribution in [0.5, 0.6) is 5.75 Å². The number of esters is 1. The summed E-state index contributed by atoms with van der Waals surface area (Å²) >= 11 is 6.15. The molecule has 218 valence electrons. The maximum atomic E-state index is 13.1. The van der Waals surface area contributed by atoms with Crippen LogP contribution in [0.1, 0.15) is 22.8 Å². The first-order valence-electron chi connectivity index (χ1n) is 12.4. The molecule has 0 unspecified atom stereocenters. The van der Waals surface area contributed by atoms with Gasteiger partial charge in [0.25, 0.3) is 5.91 Å². The quantitative estimate of drug-likeness (QED) is 0.0964. The van der Waals surface area contributed by atoms with Crippen molar-refractivity contribution in [3.63, 3.8) is 0 Å². The summed E-state index contributed by atoms with van der Waals surface area (Å²) in [4.78, 5) is 40.5. The first kappa shape index (κ1) is 30.7. The van der Waals surface area contributed by atoms with Crippen LogP contribution in [-0.2, 0) is 9.59 Å². The lowest BCUT2D eigenvalue weighted by Crippen LogP contribution is -2.46. The van der Waals surface area contributed by atoms with E-state index in [-0.39, 0.29) is 38.8 Å². The molecule has 9 nitrogen and oxygen atoms in total. The van der Waals surface area contributed by atoms with Crippen molar-refractivity contribution in [2.24, 2.45) is 5.73 Å². The number of anilines is 2. The van der Waals surface area contributed by atoms with Crippen LogP contribution >= 0.6 is 11.6 Å². The number of amides is 1. The summed E-state index contributed by atoms with van der Waals surface area (Å²) < 4.78 is 43.8. The molecule has 43 heavy (non-hydrogen) atoms. The van der Waals surface area contributed by atoms with Crippen LogP contribution in [-0.4, -0.2) is 35.0 Å². The fourth-order valence-electron chi connectivity index (χ4n) is 3.94. The van der Waals surface area contributed by atoms with Crippen LogP contribution in [0.3, 0.4) is 0 Å². The number of alkyl halides is 3. The number of hydrogen-bond acceptors (Lipinski definition) is 8. The number of nitrogens with one attached hydrogen (secondary N) is 2. The zero-order valence-corrected chi connectivity index (χ0v) is 23.0. The van der Waals surface area contributed by atoms with E-state index in [0.29, 0.717) is 17.5 Å². The van der Waals surface area contributed by atoms with Crippen molar-refractivity contribution in [1.82, 2.24) is 4.98 Å². The molecule has 3 aromatic carbocycles. The van der Waals surface area contributed by atoms with E-state index in [1.54, 1.807) is 42.5 Å². The lowest BCUT2D eigenvalue weighted by Gasteiger charge is -2.21. The molecule has 4 aromatic rings. The smallest absolute Gasteiger partial charge is 0.419 e. The minimum Gasteiger partial charge on any atom is -0.419 e. The number of aldehydes is 1. The molecule has 0 saturated carbocycles. The molecule has 0 aliphatic carbocycles. The van der Waals surface area contributed by atoms with Crippen molar-refractivity contribution < 1.29 is 32.3 Å². The highest BCUT2D eigenvalue weighted by Gasteiger charge is 2.41. The van der Waals surface area contributed by atoms with Crippen LogP contribution in [0.15, 0.2) is 78.9 Å². The zero-order valence-electron chi connectivity index (χ0n) is 22.2. The van der Waals surface area contributed by atoms with Crippen LogP contribution < -0.4 is 21.1 Å². The van der Waals surface area contributed by atoms with Gasteiger partial charge in [-0.2, -0.15) is 18.4 Å². The number of carbonyl (C=O) groups excluding carboxylic acids is 3. The van der Waals surface area contributed by atoms with Crippen molar-refractivity contribution in [1.29, 1.82) is 5.26 Å². The maximum Gasteiger partial charge on any atom is 0.491 e. The van der Waals surface area contributed by atoms with Gasteiger partial charge >= 0.3 is 12.1 Å². The van der Waals surface area contributed by atoms with Crippen molar-refractivity contribution in [2.45, 2.75) is 18.8 Å². The van der Waals surface area contributed by atoms with Gasteiger partial charge in [-0.15, -0.1) is 0 Å². The molecule has 1 atom stereocenters. The molecular weight excluding hydrogens is 587 g/mol. The molecule has 0 saturated heterocycles. The van der Waals surface area contributed by atoms with Crippen molar-refractivity contribution >= 4 is 41.3 Å². The predicted octanol–water partition coefficient (Wildman–Crippen LogP) is 5.95. The van der Waals surface area contributed by atoms with Crippen LogP contribution in [0.25, 0.3) is 22.4 Å². The molecule has 0 radical (unpaired) electrons. The number of rotatable bonds is 8. The van der Waals surface area contributed by atoms with Crippen molar-refractivity contribution in [3.8, 4) is 34.2 Å². The van der Waals surface area contributed by atoms with Gasteiger partial charge in [-0.25, -0.2) is 9.78 Å². The van der Waals surface area contributed by atoms with Gasteiger partial charge in [0, 0.05) is 27.4 Å².